The molecule has 0 radical (unpaired) electrons. The van der Waals surface area contributed by atoms with Crippen molar-refractivity contribution in [1.82, 2.24) is 15.6 Å². The van der Waals surface area contributed by atoms with Gasteiger partial charge < -0.3 is 4.42 Å². The monoisotopic (exact) mass is 404 g/mol. The summed E-state index contributed by atoms with van der Waals surface area (Å²) in [5.41, 5.74) is 4.95. The summed E-state index contributed by atoms with van der Waals surface area (Å²) in [7, 11) is 0. The summed E-state index contributed by atoms with van der Waals surface area (Å²) in [5, 5.41) is 12.1. The van der Waals surface area contributed by atoms with Crippen LogP contribution in [-0.2, 0) is 10.5 Å². The molecule has 0 spiro atoms. The van der Waals surface area contributed by atoms with Crippen molar-refractivity contribution in [2.75, 3.05) is 5.75 Å². The summed E-state index contributed by atoms with van der Waals surface area (Å²) < 4.78 is 6.74. The number of carbonyl (C=O) groups excluding carboxylic acids is 1. The van der Waals surface area contributed by atoms with Gasteiger partial charge in [-0.05, 0) is 24.6 Å². The predicted molar refractivity (Wildman–Crippen MR) is 106 cm³/mol. The lowest BCUT2D eigenvalue weighted by molar-refractivity contribution is -0.118. The van der Waals surface area contributed by atoms with Crippen LogP contribution in [0.3, 0.4) is 0 Å². The number of rotatable bonds is 8. The Morgan fingerprint density at radius 2 is 2.00 bits per heavy atom. The molecular formula is C17H16N4O2S3. The Morgan fingerprint density at radius 1 is 1.23 bits per heavy atom. The third kappa shape index (κ3) is 6.01. The van der Waals surface area contributed by atoms with Gasteiger partial charge >= 0.3 is 0 Å². The summed E-state index contributed by atoms with van der Waals surface area (Å²) in [5.74, 6) is 1.45. The normalized spacial score (nSPS) is 11.1. The van der Waals surface area contributed by atoms with Crippen molar-refractivity contribution in [3.05, 3.63) is 59.5 Å². The van der Waals surface area contributed by atoms with Crippen LogP contribution in [0.1, 0.15) is 16.9 Å². The first kappa shape index (κ1) is 18.7. The third-order valence-electron chi connectivity index (χ3n) is 3.12. The van der Waals surface area contributed by atoms with E-state index in [2.05, 4.69) is 51.9 Å². The second kappa shape index (κ2) is 9.56. The molecule has 1 N–H and O–H groups in total. The molecule has 3 rings (SSSR count). The Hall–Kier alpha value is -2.10. The molecule has 0 atom stereocenters. The number of furan rings is 1. The number of carbonyl (C=O) groups is 1. The number of nitrogens with zero attached hydrogens (tertiary/aromatic N) is 3. The van der Waals surface area contributed by atoms with Gasteiger partial charge in [0.25, 0.3) is 5.91 Å². The van der Waals surface area contributed by atoms with E-state index in [1.807, 2.05) is 0 Å². The predicted octanol–water partition coefficient (Wildman–Crippen LogP) is 3.97. The Labute approximate surface area is 163 Å². The molecule has 1 amide bonds. The highest BCUT2D eigenvalue weighted by Gasteiger charge is 2.08. The number of amides is 1. The van der Waals surface area contributed by atoms with E-state index in [4.69, 9.17) is 4.42 Å². The van der Waals surface area contributed by atoms with Gasteiger partial charge in [-0.2, -0.15) is 5.10 Å². The van der Waals surface area contributed by atoms with Gasteiger partial charge in [0.2, 0.25) is 0 Å². The van der Waals surface area contributed by atoms with Crippen LogP contribution in [-0.4, -0.2) is 28.1 Å². The van der Waals surface area contributed by atoms with Crippen molar-refractivity contribution in [2.24, 2.45) is 5.10 Å². The highest BCUT2D eigenvalue weighted by Crippen LogP contribution is 2.30. The van der Waals surface area contributed by atoms with Gasteiger partial charge in [0.05, 0.1) is 18.2 Å². The zero-order chi connectivity index (χ0) is 18.2. The molecular weight excluding hydrogens is 388 g/mol. The summed E-state index contributed by atoms with van der Waals surface area (Å²) in [6.07, 6.45) is 3.00. The van der Waals surface area contributed by atoms with Gasteiger partial charge in [-0.1, -0.05) is 64.7 Å². The molecule has 0 saturated carbocycles. The van der Waals surface area contributed by atoms with Gasteiger partial charge in [0.1, 0.15) is 5.76 Å². The smallest absolute Gasteiger partial charge is 0.250 e. The molecule has 3 aromatic rings. The number of aryl methyl sites for hydroxylation is 1. The maximum atomic E-state index is 11.8. The number of hydrazone groups is 1. The average Bonchev–Trinajstić information content (AvgIpc) is 3.31. The van der Waals surface area contributed by atoms with E-state index in [0.717, 1.165) is 14.4 Å². The van der Waals surface area contributed by atoms with E-state index >= 15 is 0 Å². The van der Waals surface area contributed by atoms with Crippen LogP contribution in [0.4, 0.5) is 0 Å². The van der Waals surface area contributed by atoms with Crippen LogP contribution < -0.4 is 5.43 Å². The van der Waals surface area contributed by atoms with Crippen molar-refractivity contribution in [3.8, 4) is 0 Å². The number of aromatic nitrogens is 2. The molecule has 0 aliphatic heterocycles. The molecule has 2 aromatic heterocycles. The van der Waals surface area contributed by atoms with Crippen molar-refractivity contribution in [2.45, 2.75) is 21.4 Å². The van der Waals surface area contributed by atoms with Gasteiger partial charge in [0, 0.05) is 5.75 Å². The first-order chi connectivity index (χ1) is 12.7. The van der Waals surface area contributed by atoms with Crippen LogP contribution in [0, 0.1) is 6.92 Å². The first-order valence-electron chi connectivity index (χ1n) is 7.69. The second-order valence-electron chi connectivity index (χ2n) is 5.21. The largest absolute Gasteiger partial charge is 0.463 e. The average molecular weight is 405 g/mol. The fourth-order valence-electron chi connectivity index (χ4n) is 1.84. The van der Waals surface area contributed by atoms with Crippen LogP contribution in [0.2, 0.25) is 0 Å². The quantitative estimate of drug-likeness (QED) is 0.348. The molecule has 26 heavy (non-hydrogen) atoms. The fraction of sp³-hybridized carbons (Fsp3) is 0.176. The summed E-state index contributed by atoms with van der Waals surface area (Å²) >= 11 is 4.48. The highest BCUT2D eigenvalue weighted by atomic mass is 32.2. The van der Waals surface area contributed by atoms with Gasteiger partial charge in [0.15, 0.2) is 8.68 Å². The number of benzene rings is 1. The Kier molecular flexibility index (Phi) is 6.87. The van der Waals surface area contributed by atoms with Crippen LogP contribution in [0.15, 0.2) is 60.9 Å². The minimum Gasteiger partial charge on any atom is -0.463 e. The molecule has 0 unspecified atom stereocenters. The maximum absolute atomic E-state index is 11.8. The molecule has 9 heteroatoms. The Balaban J connectivity index is 1.40. The zero-order valence-electron chi connectivity index (χ0n) is 13.9. The fourth-order valence-corrected chi connectivity index (χ4v) is 4.60. The molecule has 1 aromatic carbocycles. The van der Waals surface area contributed by atoms with Crippen LogP contribution in [0.25, 0.3) is 0 Å². The summed E-state index contributed by atoms with van der Waals surface area (Å²) in [4.78, 5) is 11.8. The second-order valence-corrected chi connectivity index (χ2v) is 8.63. The summed E-state index contributed by atoms with van der Waals surface area (Å²) in [6.45, 7) is 2.07. The van der Waals surface area contributed by atoms with E-state index in [0.29, 0.717) is 5.76 Å². The van der Waals surface area contributed by atoms with Gasteiger partial charge in [-0.15, -0.1) is 10.2 Å². The van der Waals surface area contributed by atoms with Gasteiger partial charge in [-0.25, -0.2) is 5.43 Å². The standard InChI is InChI=1S/C17H16N4O2S3/c1-12-4-6-13(7-5-12)10-24-16-20-21-17(26-16)25-11-15(22)19-18-9-14-3-2-8-23-14/h2-9H,10-11H2,1H3,(H,19,22)/b18-9+. The number of thioether (sulfide) groups is 2. The Bertz CT molecular complexity index is 861. The van der Waals surface area contributed by atoms with Crippen molar-refractivity contribution in [1.29, 1.82) is 0 Å². The van der Waals surface area contributed by atoms with Gasteiger partial charge in [-0.3, -0.25) is 4.79 Å². The minimum absolute atomic E-state index is 0.207. The SMILES string of the molecule is Cc1ccc(CSc2nnc(SCC(=O)N/N=C/c3ccco3)s2)cc1. The van der Waals surface area contributed by atoms with Crippen molar-refractivity contribution < 1.29 is 9.21 Å². The number of hydrogen-bond donors (Lipinski definition) is 1. The van der Waals surface area contributed by atoms with E-state index in [9.17, 15) is 4.79 Å². The number of nitrogens with one attached hydrogen (secondary N) is 1. The molecule has 6 nitrogen and oxygen atoms in total. The van der Waals surface area contributed by atoms with Crippen LogP contribution in [0.5, 0.6) is 0 Å². The highest BCUT2D eigenvalue weighted by molar-refractivity contribution is 8.03. The molecule has 0 aliphatic rings. The van der Waals surface area contributed by atoms with E-state index in [1.54, 1.807) is 30.2 Å². The Morgan fingerprint density at radius 3 is 2.73 bits per heavy atom. The molecule has 2 heterocycles. The van der Waals surface area contributed by atoms with Crippen molar-refractivity contribution >= 4 is 47.0 Å². The summed E-state index contributed by atoms with van der Waals surface area (Å²) in [6, 6.07) is 11.9. The third-order valence-corrected chi connectivity index (χ3v) is 6.38. The topological polar surface area (TPSA) is 80.4 Å². The maximum Gasteiger partial charge on any atom is 0.250 e. The van der Waals surface area contributed by atoms with E-state index < -0.39 is 0 Å². The first-order valence-corrected chi connectivity index (χ1v) is 10.5. The van der Waals surface area contributed by atoms with Crippen LogP contribution >= 0.6 is 34.9 Å². The lowest BCUT2D eigenvalue weighted by Crippen LogP contribution is -2.19. The lowest BCUT2D eigenvalue weighted by Gasteiger charge is -1.99. The van der Waals surface area contributed by atoms with E-state index in [1.165, 1.54) is 40.4 Å². The molecule has 0 fully saturated rings. The molecule has 134 valence electrons. The molecule has 0 bridgehead atoms. The van der Waals surface area contributed by atoms with Crippen molar-refractivity contribution in [3.63, 3.8) is 0 Å². The number of hydrogen-bond acceptors (Lipinski definition) is 8. The molecule has 0 saturated heterocycles. The van der Waals surface area contributed by atoms with E-state index in [-0.39, 0.29) is 11.7 Å². The zero-order valence-corrected chi connectivity index (χ0v) is 16.4. The minimum atomic E-state index is -0.207. The molecule has 0 aliphatic carbocycles. The lowest BCUT2D eigenvalue weighted by atomic mass is 10.2.